The maximum absolute atomic E-state index is 11.9. The number of aryl methyl sites for hydroxylation is 2. The maximum atomic E-state index is 11.9. The van der Waals surface area contributed by atoms with Gasteiger partial charge in [-0.15, -0.1) is 11.3 Å². The minimum atomic E-state index is -0.981. The Bertz CT molecular complexity index is 649. The van der Waals surface area contributed by atoms with E-state index in [4.69, 9.17) is 5.11 Å². The largest absolute Gasteiger partial charge is 0.478 e. The highest BCUT2D eigenvalue weighted by Crippen LogP contribution is 2.17. The highest BCUT2D eigenvalue weighted by atomic mass is 32.1. The lowest BCUT2D eigenvalue weighted by atomic mass is 10.1. The van der Waals surface area contributed by atoms with Crippen molar-refractivity contribution in [2.75, 3.05) is 5.32 Å². The molecule has 0 fully saturated rings. The summed E-state index contributed by atoms with van der Waals surface area (Å²) in [6.45, 7) is 3.51. The van der Waals surface area contributed by atoms with E-state index in [2.05, 4.69) is 10.3 Å². The molecule has 2 N–H and O–H groups in total. The van der Waals surface area contributed by atoms with Crippen LogP contribution in [0.1, 0.15) is 31.4 Å². The van der Waals surface area contributed by atoms with E-state index >= 15 is 0 Å². The standard InChI is InChI=1S/C13H12N2O3S/c1-7-5-9(3-4-10(7)13(17)18)15-12(16)11-6-19-8(2)14-11/h3-6H,1-2H3,(H,15,16)(H,17,18). The van der Waals surface area contributed by atoms with Crippen LogP contribution in [0.3, 0.4) is 0 Å². The van der Waals surface area contributed by atoms with E-state index in [1.807, 2.05) is 6.92 Å². The summed E-state index contributed by atoms with van der Waals surface area (Å²) >= 11 is 1.40. The van der Waals surface area contributed by atoms with Crippen LogP contribution in [-0.2, 0) is 0 Å². The Balaban J connectivity index is 2.18. The molecule has 2 aromatic rings. The third kappa shape index (κ3) is 2.97. The number of hydrogen-bond donors (Lipinski definition) is 2. The number of thiazole rings is 1. The number of aromatic nitrogens is 1. The van der Waals surface area contributed by atoms with Gasteiger partial charge >= 0.3 is 5.97 Å². The molecule has 19 heavy (non-hydrogen) atoms. The van der Waals surface area contributed by atoms with Gasteiger partial charge in [-0.25, -0.2) is 9.78 Å². The van der Waals surface area contributed by atoms with Crippen LogP contribution in [0, 0.1) is 13.8 Å². The van der Waals surface area contributed by atoms with E-state index in [-0.39, 0.29) is 11.5 Å². The Kier molecular flexibility index (Phi) is 3.62. The van der Waals surface area contributed by atoms with E-state index in [1.54, 1.807) is 24.4 Å². The Labute approximate surface area is 113 Å². The summed E-state index contributed by atoms with van der Waals surface area (Å²) in [6, 6.07) is 4.66. The van der Waals surface area contributed by atoms with Crippen molar-refractivity contribution in [2.45, 2.75) is 13.8 Å². The Morgan fingerprint density at radius 2 is 2.05 bits per heavy atom. The second-order valence-corrected chi connectivity index (χ2v) is 5.10. The molecule has 0 atom stereocenters. The van der Waals surface area contributed by atoms with E-state index in [0.29, 0.717) is 16.9 Å². The zero-order valence-corrected chi connectivity index (χ0v) is 11.2. The van der Waals surface area contributed by atoms with E-state index in [9.17, 15) is 9.59 Å². The Morgan fingerprint density at radius 3 is 2.58 bits per heavy atom. The van der Waals surface area contributed by atoms with Crippen LogP contribution in [0.15, 0.2) is 23.6 Å². The van der Waals surface area contributed by atoms with Gasteiger partial charge in [0.1, 0.15) is 5.69 Å². The van der Waals surface area contributed by atoms with Crippen molar-refractivity contribution in [3.05, 3.63) is 45.4 Å². The fraction of sp³-hybridized carbons (Fsp3) is 0.154. The first-order valence-electron chi connectivity index (χ1n) is 5.55. The van der Waals surface area contributed by atoms with Gasteiger partial charge in [0.05, 0.1) is 10.6 Å². The third-order valence-corrected chi connectivity index (χ3v) is 3.34. The summed E-state index contributed by atoms with van der Waals surface area (Å²) < 4.78 is 0. The Hall–Kier alpha value is -2.21. The predicted molar refractivity (Wildman–Crippen MR) is 72.9 cm³/mol. The zero-order chi connectivity index (χ0) is 14.0. The quantitative estimate of drug-likeness (QED) is 0.903. The number of carboxylic acids is 1. The number of nitrogens with zero attached hydrogens (tertiary/aromatic N) is 1. The molecule has 5 nitrogen and oxygen atoms in total. The van der Waals surface area contributed by atoms with Gasteiger partial charge < -0.3 is 10.4 Å². The number of carbonyl (C=O) groups excluding carboxylic acids is 1. The molecule has 1 aromatic heterocycles. The minimum Gasteiger partial charge on any atom is -0.478 e. The summed E-state index contributed by atoms with van der Waals surface area (Å²) in [4.78, 5) is 26.8. The molecule has 0 aliphatic rings. The molecule has 1 heterocycles. The van der Waals surface area contributed by atoms with Crippen molar-refractivity contribution in [3.8, 4) is 0 Å². The zero-order valence-electron chi connectivity index (χ0n) is 10.4. The van der Waals surface area contributed by atoms with Crippen LogP contribution in [0.2, 0.25) is 0 Å². The van der Waals surface area contributed by atoms with Crippen molar-refractivity contribution in [1.82, 2.24) is 4.98 Å². The molecule has 0 saturated carbocycles. The molecule has 0 unspecified atom stereocenters. The Morgan fingerprint density at radius 1 is 1.32 bits per heavy atom. The summed E-state index contributed by atoms with van der Waals surface area (Å²) in [5.74, 6) is -1.28. The lowest BCUT2D eigenvalue weighted by molar-refractivity contribution is 0.0696. The molecular formula is C13H12N2O3S. The molecule has 0 spiro atoms. The number of aromatic carboxylic acids is 1. The van der Waals surface area contributed by atoms with Crippen LogP contribution in [0.25, 0.3) is 0 Å². The molecule has 0 radical (unpaired) electrons. The van der Waals surface area contributed by atoms with E-state index in [0.717, 1.165) is 5.01 Å². The van der Waals surface area contributed by atoms with Gasteiger partial charge in [0.25, 0.3) is 5.91 Å². The van der Waals surface area contributed by atoms with Crippen LogP contribution < -0.4 is 5.32 Å². The van der Waals surface area contributed by atoms with Gasteiger partial charge in [-0.05, 0) is 37.6 Å². The molecule has 0 bridgehead atoms. The third-order valence-electron chi connectivity index (χ3n) is 2.57. The number of carboxylic acid groups (broad SMARTS) is 1. The lowest BCUT2D eigenvalue weighted by Gasteiger charge is -2.06. The van der Waals surface area contributed by atoms with Gasteiger partial charge in [0, 0.05) is 11.1 Å². The molecule has 98 valence electrons. The SMILES string of the molecule is Cc1nc(C(=O)Nc2ccc(C(=O)O)c(C)c2)cs1. The van der Waals surface area contributed by atoms with Crippen molar-refractivity contribution < 1.29 is 14.7 Å². The second-order valence-electron chi connectivity index (χ2n) is 4.04. The second kappa shape index (κ2) is 5.19. The van der Waals surface area contributed by atoms with Crippen molar-refractivity contribution in [3.63, 3.8) is 0 Å². The van der Waals surface area contributed by atoms with Gasteiger partial charge in [0.2, 0.25) is 0 Å². The normalized spacial score (nSPS) is 10.2. The molecule has 0 aliphatic heterocycles. The summed E-state index contributed by atoms with van der Waals surface area (Å²) in [5.41, 5.74) is 1.74. The van der Waals surface area contributed by atoms with Gasteiger partial charge in [-0.1, -0.05) is 0 Å². The van der Waals surface area contributed by atoms with Crippen LogP contribution in [-0.4, -0.2) is 22.0 Å². The predicted octanol–water partition coefficient (Wildman–Crippen LogP) is 2.71. The topological polar surface area (TPSA) is 79.3 Å². The molecule has 2 rings (SSSR count). The fourth-order valence-corrected chi connectivity index (χ4v) is 2.24. The van der Waals surface area contributed by atoms with Crippen molar-refractivity contribution >= 4 is 28.9 Å². The van der Waals surface area contributed by atoms with Gasteiger partial charge in [-0.2, -0.15) is 0 Å². The fourth-order valence-electron chi connectivity index (χ4n) is 1.64. The first-order valence-corrected chi connectivity index (χ1v) is 6.43. The first-order chi connectivity index (χ1) is 8.97. The van der Waals surface area contributed by atoms with E-state index in [1.165, 1.54) is 17.4 Å². The number of rotatable bonds is 3. The summed E-state index contributed by atoms with van der Waals surface area (Å²) in [7, 11) is 0. The van der Waals surface area contributed by atoms with Gasteiger partial charge in [-0.3, -0.25) is 4.79 Å². The molecule has 6 heteroatoms. The number of carbonyl (C=O) groups is 2. The highest BCUT2D eigenvalue weighted by Gasteiger charge is 2.11. The molecule has 0 aliphatic carbocycles. The maximum Gasteiger partial charge on any atom is 0.335 e. The summed E-state index contributed by atoms with van der Waals surface area (Å²) in [5, 5.41) is 14.1. The average molecular weight is 276 g/mol. The monoisotopic (exact) mass is 276 g/mol. The number of nitrogens with one attached hydrogen (secondary N) is 1. The minimum absolute atomic E-state index is 0.225. The average Bonchev–Trinajstić information content (AvgIpc) is 2.75. The van der Waals surface area contributed by atoms with Crippen LogP contribution >= 0.6 is 11.3 Å². The van der Waals surface area contributed by atoms with Gasteiger partial charge in [0.15, 0.2) is 0 Å². The molecular weight excluding hydrogens is 264 g/mol. The molecule has 0 saturated heterocycles. The number of anilines is 1. The smallest absolute Gasteiger partial charge is 0.335 e. The van der Waals surface area contributed by atoms with Crippen LogP contribution in [0.4, 0.5) is 5.69 Å². The van der Waals surface area contributed by atoms with Crippen molar-refractivity contribution in [1.29, 1.82) is 0 Å². The van der Waals surface area contributed by atoms with E-state index < -0.39 is 5.97 Å². The lowest BCUT2D eigenvalue weighted by Crippen LogP contribution is -2.13. The van der Waals surface area contributed by atoms with Crippen molar-refractivity contribution in [2.24, 2.45) is 0 Å². The number of benzene rings is 1. The summed E-state index contributed by atoms with van der Waals surface area (Å²) in [6.07, 6.45) is 0. The molecule has 1 amide bonds. The highest BCUT2D eigenvalue weighted by molar-refractivity contribution is 7.09. The van der Waals surface area contributed by atoms with Crippen LogP contribution in [0.5, 0.6) is 0 Å². The molecule has 1 aromatic carbocycles. The number of amides is 1. The number of hydrogen-bond acceptors (Lipinski definition) is 4. The first kappa shape index (κ1) is 13.2.